The molecule has 0 aromatic rings. The summed E-state index contributed by atoms with van der Waals surface area (Å²) in [5, 5.41) is 14.9. The molecule has 13 heteroatoms. The van der Waals surface area contributed by atoms with Crippen LogP contribution in [0, 0.1) is 12.3 Å². The summed E-state index contributed by atoms with van der Waals surface area (Å²) in [6.45, 7) is 5.23. The molecule has 0 bridgehead atoms. The van der Waals surface area contributed by atoms with Gasteiger partial charge in [0.2, 0.25) is 5.91 Å². The lowest BCUT2D eigenvalue weighted by Crippen LogP contribution is -2.49. The minimum atomic E-state index is -3.60. The van der Waals surface area contributed by atoms with Gasteiger partial charge >= 0.3 is 19.7 Å². The minimum absolute atomic E-state index is 0.0706. The molecule has 1 saturated heterocycles. The number of rotatable bonds is 8. The van der Waals surface area contributed by atoms with Crippen LogP contribution in [0.2, 0.25) is 0 Å². The fourth-order valence-electron chi connectivity index (χ4n) is 2.33. The Balaban J connectivity index is 3.01. The first-order valence-corrected chi connectivity index (χ1v) is 10.3. The maximum absolute atomic E-state index is 12.2. The Labute approximate surface area is 168 Å². The van der Waals surface area contributed by atoms with Gasteiger partial charge in [-0.3, -0.25) is 24.1 Å². The second kappa shape index (κ2) is 10.9. The van der Waals surface area contributed by atoms with Crippen LogP contribution in [0.3, 0.4) is 0 Å². The fourth-order valence-corrected chi connectivity index (χ4v) is 3.12. The summed E-state index contributed by atoms with van der Waals surface area (Å²) in [5.74, 6) is 1.54. The Morgan fingerprint density at radius 3 is 2.62 bits per heavy atom. The van der Waals surface area contributed by atoms with E-state index in [9.17, 15) is 24.1 Å². The van der Waals surface area contributed by atoms with E-state index in [1.54, 1.807) is 0 Å². The zero-order chi connectivity index (χ0) is 22.2. The van der Waals surface area contributed by atoms with Gasteiger partial charge in [0.15, 0.2) is 6.23 Å². The van der Waals surface area contributed by atoms with Gasteiger partial charge in [-0.05, 0) is 0 Å². The van der Waals surface area contributed by atoms with Gasteiger partial charge in [0.1, 0.15) is 24.9 Å². The molecule has 29 heavy (non-hydrogen) atoms. The third-order valence-corrected chi connectivity index (χ3v) is 4.95. The predicted octanol–water partition coefficient (Wildman–Crippen LogP) is -0.0123. The zero-order valence-corrected chi connectivity index (χ0v) is 17.1. The topological polar surface area (TPSA) is 153 Å². The average Bonchev–Trinajstić information content (AvgIpc) is 2.94. The van der Waals surface area contributed by atoms with Crippen LogP contribution in [0.25, 0.3) is 0 Å². The van der Waals surface area contributed by atoms with Crippen LogP contribution in [-0.4, -0.2) is 79.5 Å². The molecule has 0 aliphatic carbocycles. The van der Waals surface area contributed by atoms with Crippen LogP contribution in [0.4, 0.5) is 9.59 Å². The lowest BCUT2D eigenvalue weighted by Gasteiger charge is -2.27. The number of aliphatic hydroxyl groups excluding tert-OH is 1. The number of terminal acetylenes is 1. The van der Waals surface area contributed by atoms with Crippen LogP contribution in [-0.2, 0) is 27.9 Å². The maximum Gasteiger partial charge on any atom is 0.407 e. The number of imide groups is 1. The molecular weight excluding hydrogens is 409 g/mol. The average molecular weight is 433 g/mol. The second-order valence-corrected chi connectivity index (χ2v) is 7.93. The van der Waals surface area contributed by atoms with Crippen molar-refractivity contribution in [3.8, 4) is 12.3 Å². The Hall–Kier alpha value is -2.42. The Bertz CT molecular complexity index is 723. The molecule has 5 atom stereocenters. The number of amides is 4. The normalized spacial score (nSPS) is 25.2. The summed E-state index contributed by atoms with van der Waals surface area (Å²) >= 11 is 0. The van der Waals surface area contributed by atoms with Crippen molar-refractivity contribution in [2.45, 2.75) is 31.5 Å². The van der Waals surface area contributed by atoms with Crippen molar-refractivity contribution in [3.63, 3.8) is 0 Å². The molecular formula is C16H24N3O9P. The fraction of sp³-hybridized carbons (Fsp3) is 0.562. The first-order valence-electron chi connectivity index (χ1n) is 8.28. The molecule has 0 radical (unpaired) electrons. The summed E-state index contributed by atoms with van der Waals surface area (Å²) in [5.41, 5.74) is 0. The van der Waals surface area contributed by atoms with E-state index in [4.69, 9.17) is 24.9 Å². The lowest BCUT2D eigenvalue weighted by atomic mass is 10.1. The third kappa shape index (κ3) is 7.16. The van der Waals surface area contributed by atoms with E-state index in [0.717, 1.165) is 31.8 Å². The van der Waals surface area contributed by atoms with E-state index in [1.165, 1.54) is 0 Å². The van der Waals surface area contributed by atoms with E-state index < -0.39 is 56.8 Å². The molecule has 4 amide bonds. The van der Waals surface area contributed by atoms with Gasteiger partial charge in [0.25, 0.3) is 0 Å². The zero-order valence-electron chi connectivity index (χ0n) is 16.2. The number of nitrogens with zero attached hydrogens (tertiary/aromatic N) is 1. The van der Waals surface area contributed by atoms with Crippen molar-refractivity contribution in [1.82, 2.24) is 15.5 Å². The Morgan fingerprint density at radius 2 is 2.10 bits per heavy atom. The van der Waals surface area contributed by atoms with Crippen LogP contribution >= 0.6 is 7.60 Å². The first-order chi connectivity index (χ1) is 13.6. The predicted molar refractivity (Wildman–Crippen MR) is 99.5 cm³/mol. The molecule has 0 saturated carbocycles. The molecule has 12 nitrogen and oxygen atoms in total. The van der Waals surface area contributed by atoms with Crippen LogP contribution in [0.5, 0.6) is 0 Å². The largest absolute Gasteiger partial charge is 0.447 e. The third-order valence-electron chi connectivity index (χ3n) is 3.66. The number of urea groups is 1. The van der Waals surface area contributed by atoms with Gasteiger partial charge < -0.3 is 24.4 Å². The maximum atomic E-state index is 12.2. The molecule has 5 unspecified atom stereocenters. The van der Waals surface area contributed by atoms with E-state index in [2.05, 4.69) is 17.8 Å². The molecule has 0 aromatic heterocycles. The van der Waals surface area contributed by atoms with Crippen molar-refractivity contribution in [2.24, 2.45) is 0 Å². The first kappa shape index (κ1) is 24.6. The number of nitrogens with one attached hydrogen (secondary N) is 2. The van der Waals surface area contributed by atoms with Crippen LogP contribution < -0.4 is 10.6 Å². The van der Waals surface area contributed by atoms with Gasteiger partial charge in [-0.15, -0.1) is 6.42 Å². The molecule has 162 valence electrons. The number of hydrogen-bond acceptors (Lipinski definition) is 9. The SMILES string of the molecule is C#CCNC(=O)OCC1OC(N(C=C)C(=O)NC(C)=O)C(O)C1OP(C)(=O)OC. The van der Waals surface area contributed by atoms with Crippen molar-refractivity contribution in [2.75, 3.05) is 26.9 Å². The van der Waals surface area contributed by atoms with Crippen LogP contribution in [0.15, 0.2) is 12.8 Å². The number of aliphatic hydroxyl groups is 1. The minimum Gasteiger partial charge on any atom is -0.447 e. The van der Waals surface area contributed by atoms with Gasteiger partial charge in [-0.25, -0.2) is 9.59 Å². The van der Waals surface area contributed by atoms with Crippen molar-refractivity contribution in [1.29, 1.82) is 0 Å². The van der Waals surface area contributed by atoms with Crippen LogP contribution in [0.1, 0.15) is 6.92 Å². The summed E-state index contributed by atoms with van der Waals surface area (Å²) in [6.07, 6.45) is -0.167. The Kier molecular flexibility index (Phi) is 9.29. The smallest absolute Gasteiger partial charge is 0.407 e. The van der Waals surface area contributed by atoms with E-state index >= 15 is 0 Å². The van der Waals surface area contributed by atoms with E-state index in [0.29, 0.717) is 0 Å². The van der Waals surface area contributed by atoms with E-state index in [-0.39, 0.29) is 6.54 Å². The van der Waals surface area contributed by atoms with Gasteiger partial charge in [0, 0.05) is 26.9 Å². The number of carbonyl (C=O) groups excluding carboxylic acids is 3. The number of alkyl carbamates (subject to hydrolysis) is 1. The number of hydrogen-bond donors (Lipinski definition) is 3. The van der Waals surface area contributed by atoms with Gasteiger partial charge in [-0.1, -0.05) is 12.5 Å². The van der Waals surface area contributed by atoms with Gasteiger partial charge in [0.05, 0.1) is 6.54 Å². The molecule has 3 N–H and O–H groups in total. The number of ether oxygens (including phenoxy) is 2. The van der Waals surface area contributed by atoms with Crippen molar-refractivity contribution in [3.05, 3.63) is 12.8 Å². The van der Waals surface area contributed by atoms with Crippen molar-refractivity contribution < 1.29 is 42.6 Å². The molecule has 1 aliphatic heterocycles. The summed E-state index contributed by atoms with van der Waals surface area (Å²) < 4.78 is 32.8. The molecule has 1 aliphatic rings. The summed E-state index contributed by atoms with van der Waals surface area (Å²) in [7, 11) is -2.45. The highest BCUT2D eigenvalue weighted by molar-refractivity contribution is 7.52. The molecule has 0 spiro atoms. The molecule has 1 fully saturated rings. The number of carbonyl (C=O) groups is 3. The second-order valence-electron chi connectivity index (χ2n) is 5.81. The standard InChI is InChI=1S/C16H24N3O9P/c1-6-8-17-16(23)26-9-11-13(28-29(5,24)25-4)12(21)14(27-11)19(7-2)15(22)18-10(3)20/h1,7,11-14,21H,2,8-9H2,3-5H3,(H,17,23)(H,18,20,22). The lowest BCUT2D eigenvalue weighted by molar-refractivity contribution is -0.118. The highest BCUT2D eigenvalue weighted by atomic mass is 31.2. The van der Waals surface area contributed by atoms with Crippen molar-refractivity contribution >= 4 is 25.6 Å². The highest BCUT2D eigenvalue weighted by Gasteiger charge is 2.50. The molecule has 1 rings (SSSR count). The summed E-state index contributed by atoms with van der Waals surface area (Å²) in [4.78, 5) is 35.7. The highest BCUT2D eigenvalue weighted by Crippen LogP contribution is 2.47. The Morgan fingerprint density at radius 1 is 1.45 bits per heavy atom. The monoisotopic (exact) mass is 433 g/mol. The molecule has 0 aromatic carbocycles. The van der Waals surface area contributed by atoms with E-state index in [1.807, 2.05) is 5.32 Å². The molecule has 1 heterocycles. The quantitative estimate of drug-likeness (QED) is 0.354. The summed E-state index contributed by atoms with van der Waals surface area (Å²) in [6, 6.07) is -0.921. The van der Waals surface area contributed by atoms with Gasteiger partial charge in [-0.2, -0.15) is 0 Å².